The molecule has 74 valence electrons. The average Bonchev–Trinajstić information content (AvgIpc) is 2.44. The van der Waals surface area contributed by atoms with Gasteiger partial charge in [0, 0.05) is 0 Å². The van der Waals surface area contributed by atoms with Crippen molar-refractivity contribution in [3.8, 4) is 0 Å². The summed E-state index contributed by atoms with van der Waals surface area (Å²) in [4.78, 5) is 0. The summed E-state index contributed by atoms with van der Waals surface area (Å²) in [5.74, 6) is 0. The molecule has 0 bridgehead atoms. The molecule has 0 radical (unpaired) electrons. The highest BCUT2D eigenvalue weighted by Gasteiger charge is 2.27. The quantitative estimate of drug-likeness (QED) is 0.584. The van der Waals surface area contributed by atoms with Gasteiger partial charge in [-0.15, -0.1) is 0 Å². The summed E-state index contributed by atoms with van der Waals surface area (Å²) in [5, 5.41) is 0. The smallest absolute Gasteiger partial charge is 0.0222 e. The van der Waals surface area contributed by atoms with E-state index in [2.05, 4.69) is 27.0 Å². The van der Waals surface area contributed by atoms with Gasteiger partial charge >= 0.3 is 0 Å². The molecule has 0 saturated carbocycles. The highest BCUT2D eigenvalue weighted by molar-refractivity contribution is 5.37. The van der Waals surface area contributed by atoms with Crippen LogP contribution in [0.2, 0.25) is 0 Å². The summed E-state index contributed by atoms with van der Waals surface area (Å²) in [6.07, 6.45) is 6.23. The van der Waals surface area contributed by atoms with E-state index in [0.29, 0.717) is 5.41 Å². The Bertz CT molecular complexity index is 194. The molecule has 0 aromatic rings. The maximum Gasteiger partial charge on any atom is -0.0222 e. The van der Waals surface area contributed by atoms with Crippen molar-refractivity contribution in [3.63, 3.8) is 0 Å². The topological polar surface area (TPSA) is 0 Å². The number of hydrogen-bond donors (Lipinski definition) is 0. The summed E-state index contributed by atoms with van der Waals surface area (Å²) in [6, 6.07) is 0. The monoisotopic (exact) mass is 178 g/mol. The molecule has 1 rings (SSSR count). The average molecular weight is 178 g/mol. The third-order valence-corrected chi connectivity index (χ3v) is 2.24. The lowest BCUT2D eigenvalue weighted by atomic mass is 9.89. The van der Waals surface area contributed by atoms with Crippen molar-refractivity contribution in [1.29, 1.82) is 0 Å². The molecule has 0 nitrogen and oxygen atoms in total. The highest BCUT2D eigenvalue weighted by Crippen LogP contribution is 2.41. The van der Waals surface area contributed by atoms with Gasteiger partial charge in [0.25, 0.3) is 0 Å². The Morgan fingerprint density at radius 1 is 1.00 bits per heavy atom. The van der Waals surface area contributed by atoms with Crippen LogP contribution in [0.25, 0.3) is 0 Å². The summed E-state index contributed by atoms with van der Waals surface area (Å²) in [5.41, 5.74) is 3.18. The maximum atomic E-state index is 3.80. The van der Waals surface area contributed by atoms with Crippen molar-refractivity contribution in [1.82, 2.24) is 0 Å². The molecule has 0 unspecified atom stereocenters. The predicted octanol–water partition coefficient (Wildman–Crippen LogP) is 4.50. The molecule has 0 N–H and O–H groups in total. The number of allylic oxidation sites excluding steroid dienone is 4. The molecule has 0 heterocycles. The second-order valence-corrected chi connectivity index (χ2v) is 3.98. The Morgan fingerprint density at radius 3 is 1.54 bits per heavy atom. The standard InChI is InChI=1S/C11H16.C2H6/c1-5-9-7-11(3,4)8-10(9)6-2;1-2/h5-6H,1-2,7-8H2,3-4H3;1-2H3. The Kier molecular flexibility index (Phi) is 4.76. The first-order valence-corrected chi connectivity index (χ1v) is 5.06. The third kappa shape index (κ3) is 3.22. The molecule has 0 aliphatic heterocycles. The van der Waals surface area contributed by atoms with Crippen LogP contribution in [0.1, 0.15) is 40.5 Å². The van der Waals surface area contributed by atoms with Crippen molar-refractivity contribution in [2.75, 3.05) is 0 Å². The predicted molar refractivity (Wildman–Crippen MR) is 61.8 cm³/mol. The van der Waals surface area contributed by atoms with Crippen molar-refractivity contribution in [2.24, 2.45) is 5.41 Å². The van der Waals surface area contributed by atoms with Gasteiger partial charge in [-0.05, 0) is 29.4 Å². The Labute approximate surface area is 83.0 Å². The second-order valence-electron chi connectivity index (χ2n) is 3.98. The van der Waals surface area contributed by atoms with Crippen LogP contribution in [-0.2, 0) is 0 Å². The minimum absolute atomic E-state index is 0.424. The lowest BCUT2D eigenvalue weighted by Gasteiger charge is -2.16. The zero-order chi connectivity index (χ0) is 10.5. The van der Waals surface area contributed by atoms with Crippen molar-refractivity contribution in [3.05, 3.63) is 36.5 Å². The fourth-order valence-electron chi connectivity index (χ4n) is 1.73. The SMILES string of the molecule is C=CC1=C(C=C)CC(C)(C)C1.CC. The molecule has 0 heteroatoms. The van der Waals surface area contributed by atoms with E-state index < -0.39 is 0 Å². The van der Waals surface area contributed by atoms with Crippen molar-refractivity contribution in [2.45, 2.75) is 40.5 Å². The molecule has 0 aromatic heterocycles. The van der Waals surface area contributed by atoms with Gasteiger partial charge in [0.2, 0.25) is 0 Å². The largest absolute Gasteiger partial charge is 0.0988 e. The first-order chi connectivity index (χ1) is 6.09. The van der Waals surface area contributed by atoms with Crippen molar-refractivity contribution >= 4 is 0 Å². The first-order valence-electron chi connectivity index (χ1n) is 5.06. The van der Waals surface area contributed by atoms with Gasteiger partial charge in [-0.3, -0.25) is 0 Å². The van der Waals surface area contributed by atoms with Crippen LogP contribution in [0.5, 0.6) is 0 Å². The fourth-order valence-corrected chi connectivity index (χ4v) is 1.73. The van der Waals surface area contributed by atoms with Crippen LogP contribution in [0.15, 0.2) is 36.5 Å². The summed E-state index contributed by atoms with van der Waals surface area (Å²) in [7, 11) is 0. The zero-order valence-electron chi connectivity index (χ0n) is 9.48. The molecule has 1 aliphatic rings. The van der Waals surface area contributed by atoms with E-state index in [1.165, 1.54) is 11.1 Å². The van der Waals surface area contributed by atoms with Crippen LogP contribution in [0, 0.1) is 5.41 Å². The fraction of sp³-hybridized carbons (Fsp3) is 0.538. The Morgan fingerprint density at radius 2 is 1.31 bits per heavy atom. The van der Waals surface area contributed by atoms with E-state index in [-0.39, 0.29) is 0 Å². The van der Waals surface area contributed by atoms with E-state index in [0.717, 1.165) is 12.8 Å². The molecule has 0 saturated heterocycles. The van der Waals surface area contributed by atoms with Crippen LogP contribution < -0.4 is 0 Å². The van der Waals surface area contributed by atoms with E-state index in [1.54, 1.807) is 0 Å². The minimum Gasteiger partial charge on any atom is -0.0988 e. The molecule has 13 heavy (non-hydrogen) atoms. The lowest BCUT2D eigenvalue weighted by molar-refractivity contribution is 0.392. The minimum atomic E-state index is 0.424. The van der Waals surface area contributed by atoms with Crippen LogP contribution in [0.3, 0.4) is 0 Å². The number of hydrogen-bond acceptors (Lipinski definition) is 0. The van der Waals surface area contributed by atoms with Gasteiger partial charge in [-0.2, -0.15) is 0 Å². The first kappa shape index (κ1) is 12.2. The van der Waals surface area contributed by atoms with Gasteiger partial charge in [0.05, 0.1) is 0 Å². The van der Waals surface area contributed by atoms with Gasteiger partial charge in [0.15, 0.2) is 0 Å². The molecular formula is C13H22. The van der Waals surface area contributed by atoms with E-state index in [9.17, 15) is 0 Å². The van der Waals surface area contributed by atoms with E-state index in [4.69, 9.17) is 0 Å². The maximum absolute atomic E-state index is 3.80. The normalized spacial score (nSPS) is 19.1. The number of rotatable bonds is 2. The molecule has 0 spiro atoms. The van der Waals surface area contributed by atoms with Gasteiger partial charge < -0.3 is 0 Å². The molecule has 0 atom stereocenters. The molecular weight excluding hydrogens is 156 g/mol. The molecule has 1 aliphatic carbocycles. The van der Waals surface area contributed by atoms with Gasteiger partial charge in [-0.25, -0.2) is 0 Å². The Hall–Kier alpha value is -0.780. The highest BCUT2D eigenvalue weighted by atomic mass is 14.3. The van der Waals surface area contributed by atoms with Gasteiger partial charge in [-0.1, -0.05) is 53.0 Å². The summed E-state index contributed by atoms with van der Waals surface area (Å²) < 4.78 is 0. The summed E-state index contributed by atoms with van der Waals surface area (Å²) >= 11 is 0. The lowest BCUT2D eigenvalue weighted by Crippen LogP contribution is -2.04. The molecule has 0 aromatic carbocycles. The zero-order valence-corrected chi connectivity index (χ0v) is 9.48. The van der Waals surface area contributed by atoms with Crippen LogP contribution in [-0.4, -0.2) is 0 Å². The van der Waals surface area contributed by atoms with E-state index >= 15 is 0 Å². The third-order valence-electron chi connectivity index (χ3n) is 2.24. The molecule has 0 amide bonds. The van der Waals surface area contributed by atoms with Crippen LogP contribution in [0.4, 0.5) is 0 Å². The van der Waals surface area contributed by atoms with Crippen LogP contribution >= 0.6 is 0 Å². The molecule has 0 fully saturated rings. The second kappa shape index (κ2) is 5.06. The van der Waals surface area contributed by atoms with Gasteiger partial charge in [0.1, 0.15) is 0 Å². The van der Waals surface area contributed by atoms with E-state index in [1.807, 2.05) is 26.0 Å². The van der Waals surface area contributed by atoms with Crippen molar-refractivity contribution < 1.29 is 0 Å². The Balaban J connectivity index is 0.000000671. The summed E-state index contributed by atoms with van der Waals surface area (Å²) in [6.45, 7) is 16.2.